The van der Waals surface area contributed by atoms with E-state index in [2.05, 4.69) is 31.4 Å². The molecule has 0 aliphatic rings. The molecule has 0 aliphatic heterocycles. The number of benzene rings is 3. The second-order valence-corrected chi connectivity index (χ2v) is 8.74. The largest absolute Gasteiger partial charge is 0.497 e. The number of carbonyl (C=O) groups is 1. The summed E-state index contributed by atoms with van der Waals surface area (Å²) in [5.74, 6) is 2.15. The third-order valence-corrected chi connectivity index (χ3v) is 6.01. The van der Waals surface area contributed by atoms with Crippen LogP contribution in [0.25, 0.3) is 5.69 Å². The lowest BCUT2D eigenvalue weighted by Crippen LogP contribution is -2.14. The summed E-state index contributed by atoms with van der Waals surface area (Å²) < 4.78 is 13.9. The molecule has 0 saturated carbocycles. The number of nitrogens with zero attached hydrogens (tertiary/aromatic N) is 3. The highest BCUT2D eigenvalue weighted by Gasteiger charge is 2.16. The number of nitrogens with one attached hydrogen (secondary N) is 1. The van der Waals surface area contributed by atoms with Gasteiger partial charge in [-0.3, -0.25) is 9.36 Å². The SMILES string of the molecule is COc1ccc(OCc2nnc(SCC(=O)Nc3cccc(Br)c3)n2-c2ccccc2)cc1. The number of amides is 1. The van der Waals surface area contributed by atoms with Crippen LogP contribution in [-0.4, -0.2) is 33.5 Å². The third kappa shape index (κ3) is 6.15. The predicted octanol–water partition coefficient (Wildman–Crippen LogP) is 5.35. The smallest absolute Gasteiger partial charge is 0.234 e. The highest BCUT2D eigenvalue weighted by molar-refractivity contribution is 9.10. The zero-order chi connectivity index (χ0) is 23.0. The monoisotopic (exact) mass is 524 g/mol. The molecule has 33 heavy (non-hydrogen) atoms. The van der Waals surface area contributed by atoms with Gasteiger partial charge in [-0.05, 0) is 54.6 Å². The minimum Gasteiger partial charge on any atom is -0.497 e. The van der Waals surface area contributed by atoms with Gasteiger partial charge in [0.15, 0.2) is 11.0 Å². The fourth-order valence-corrected chi connectivity index (χ4v) is 4.21. The first-order valence-corrected chi connectivity index (χ1v) is 11.8. The molecule has 9 heteroatoms. The molecule has 1 N–H and O–H groups in total. The van der Waals surface area contributed by atoms with Crippen molar-refractivity contribution in [1.82, 2.24) is 14.8 Å². The van der Waals surface area contributed by atoms with Crippen molar-refractivity contribution in [3.8, 4) is 17.2 Å². The van der Waals surface area contributed by atoms with E-state index in [0.717, 1.165) is 21.6 Å². The Hall–Kier alpha value is -3.30. The molecule has 4 rings (SSSR count). The Morgan fingerprint density at radius 3 is 2.48 bits per heavy atom. The van der Waals surface area contributed by atoms with E-state index in [9.17, 15) is 4.79 Å². The van der Waals surface area contributed by atoms with Gasteiger partial charge in [-0.1, -0.05) is 52.0 Å². The van der Waals surface area contributed by atoms with E-state index in [0.29, 0.717) is 16.7 Å². The number of hydrogen-bond donors (Lipinski definition) is 1. The number of ether oxygens (including phenoxy) is 2. The Bertz CT molecular complexity index is 1220. The topological polar surface area (TPSA) is 78.3 Å². The van der Waals surface area contributed by atoms with Crippen molar-refractivity contribution in [2.24, 2.45) is 0 Å². The summed E-state index contributed by atoms with van der Waals surface area (Å²) in [7, 11) is 1.62. The molecule has 0 aliphatic carbocycles. The second kappa shape index (κ2) is 11.0. The number of rotatable bonds is 9. The van der Waals surface area contributed by atoms with Crippen molar-refractivity contribution < 1.29 is 14.3 Å². The summed E-state index contributed by atoms with van der Waals surface area (Å²) >= 11 is 4.72. The number of methoxy groups -OCH3 is 1. The van der Waals surface area contributed by atoms with E-state index in [1.54, 1.807) is 7.11 Å². The summed E-state index contributed by atoms with van der Waals surface area (Å²) in [4.78, 5) is 12.5. The van der Waals surface area contributed by atoms with Gasteiger partial charge in [0, 0.05) is 15.8 Å². The molecular weight excluding hydrogens is 504 g/mol. The molecule has 0 atom stereocenters. The van der Waals surface area contributed by atoms with Crippen LogP contribution in [0.1, 0.15) is 5.82 Å². The van der Waals surface area contributed by atoms with Crippen LogP contribution in [0.5, 0.6) is 11.5 Å². The van der Waals surface area contributed by atoms with Gasteiger partial charge in [-0.15, -0.1) is 10.2 Å². The molecule has 1 amide bonds. The van der Waals surface area contributed by atoms with Crippen molar-refractivity contribution in [3.63, 3.8) is 0 Å². The zero-order valence-electron chi connectivity index (χ0n) is 17.8. The maximum Gasteiger partial charge on any atom is 0.234 e. The van der Waals surface area contributed by atoms with Crippen molar-refractivity contribution in [3.05, 3.63) is 89.2 Å². The van der Waals surface area contributed by atoms with Crippen LogP contribution in [0.3, 0.4) is 0 Å². The Morgan fingerprint density at radius 1 is 1.00 bits per heavy atom. The van der Waals surface area contributed by atoms with Crippen LogP contribution in [0.15, 0.2) is 88.5 Å². The van der Waals surface area contributed by atoms with E-state index in [-0.39, 0.29) is 18.3 Å². The van der Waals surface area contributed by atoms with E-state index in [1.807, 2.05) is 83.4 Å². The van der Waals surface area contributed by atoms with Crippen LogP contribution >= 0.6 is 27.7 Å². The highest BCUT2D eigenvalue weighted by Crippen LogP contribution is 2.24. The van der Waals surface area contributed by atoms with Gasteiger partial charge >= 0.3 is 0 Å². The summed E-state index contributed by atoms with van der Waals surface area (Å²) in [6.45, 7) is 0.221. The quantitative estimate of drug-likeness (QED) is 0.297. The first-order chi connectivity index (χ1) is 16.1. The summed E-state index contributed by atoms with van der Waals surface area (Å²) in [5.41, 5.74) is 1.62. The van der Waals surface area contributed by atoms with Gasteiger partial charge in [-0.2, -0.15) is 0 Å². The van der Waals surface area contributed by atoms with Gasteiger partial charge in [0.25, 0.3) is 0 Å². The number of halogens is 1. The lowest BCUT2D eigenvalue weighted by Gasteiger charge is -2.11. The number of hydrogen-bond acceptors (Lipinski definition) is 6. The van der Waals surface area contributed by atoms with Gasteiger partial charge in [-0.25, -0.2) is 0 Å². The van der Waals surface area contributed by atoms with Crippen LogP contribution in [0.2, 0.25) is 0 Å². The molecule has 1 aromatic heterocycles. The molecule has 0 saturated heterocycles. The standard InChI is InChI=1S/C24H21BrN4O3S/c1-31-20-10-12-21(13-11-20)32-15-22-27-28-24(29(22)19-8-3-2-4-9-19)33-16-23(30)26-18-7-5-6-17(25)14-18/h2-14H,15-16H2,1H3,(H,26,30). The highest BCUT2D eigenvalue weighted by atomic mass is 79.9. The van der Waals surface area contributed by atoms with Crippen LogP contribution < -0.4 is 14.8 Å². The molecule has 0 bridgehead atoms. The summed E-state index contributed by atoms with van der Waals surface area (Å²) in [6, 6.07) is 24.6. The molecule has 0 unspecified atom stereocenters. The fourth-order valence-electron chi connectivity index (χ4n) is 3.04. The molecule has 3 aromatic carbocycles. The minimum atomic E-state index is -0.128. The van der Waals surface area contributed by atoms with E-state index in [4.69, 9.17) is 9.47 Å². The Morgan fingerprint density at radius 2 is 1.76 bits per heavy atom. The van der Waals surface area contributed by atoms with Crippen LogP contribution in [0.4, 0.5) is 5.69 Å². The summed E-state index contributed by atoms with van der Waals surface area (Å²) in [5, 5.41) is 12.1. The Kier molecular flexibility index (Phi) is 7.64. The average Bonchev–Trinajstić information content (AvgIpc) is 3.25. The molecule has 1 heterocycles. The molecule has 0 radical (unpaired) electrons. The van der Waals surface area contributed by atoms with Crippen molar-refractivity contribution in [2.45, 2.75) is 11.8 Å². The third-order valence-electron chi connectivity index (χ3n) is 4.58. The summed E-state index contributed by atoms with van der Waals surface area (Å²) in [6.07, 6.45) is 0. The van der Waals surface area contributed by atoms with Gasteiger partial charge in [0.1, 0.15) is 18.1 Å². The van der Waals surface area contributed by atoms with Crippen LogP contribution in [-0.2, 0) is 11.4 Å². The Labute approximate surface area is 204 Å². The molecule has 7 nitrogen and oxygen atoms in total. The Balaban J connectivity index is 1.48. The van der Waals surface area contributed by atoms with E-state index >= 15 is 0 Å². The lowest BCUT2D eigenvalue weighted by atomic mass is 10.3. The maximum absolute atomic E-state index is 12.5. The predicted molar refractivity (Wildman–Crippen MR) is 132 cm³/mol. The van der Waals surface area contributed by atoms with Gasteiger partial charge in [0.2, 0.25) is 5.91 Å². The number of anilines is 1. The van der Waals surface area contributed by atoms with Gasteiger partial charge in [0.05, 0.1) is 12.9 Å². The number of aromatic nitrogens is 3. The lowest BCUT2D eigenvalue weighted by molar-refractivity contribution is -0.113. The van der Waals surface area contributed by atoms with Crippen molar-refractivity contribution in [2.75, 3.05) is 18.2 Å². The maximum atomic E-state index is 12.5. The fraction of sp³-hybridized carbons (Fsp3) is 0.125. The molecule has 0 spiro atoms. The van der Waals surface area contributed by atoms with Crippen molar-refractivity contribution >= 4 is 39.3 Å². The van der Waals surface area contributed by atoms with Crippen molar-refractivity contribution in [1.29, 1.82) is 0 Å². The molecule has 0 fully saturated rings. The second-order valence-electron chi connectivity index (χ2n) is 6.88. The van der Waals surface area contributed by atoms with Gasteiger partial charge < -0.3 is 14.8 Å². The molecule has 168 valence electrons. The number of carbonyl (C=O) groups excluding carboxylic acids is 1. The zero-order valence-corrected chi connectivity index (χ0v) is 20.2. The van der Waals surface area contributed by atoms with E-state index < -0.39 is 0 Å². The minimum absolute atomic E-state index is 0.128. The average molecular weight is 525 g/mol. The number of para-hydroxylation sites is 1. The molecule has 4 aromatic rings. The molecular formula is C24H21BrN4O3S. The van der Waals surface area contributed by atoms with E-state index in [1.165, 1.54) is 11.8 Å². The first-order valence-electron chi connectivity index (χ1n) is 10.1. The number of thioether (sulfide) groups is 1. The normalized spacial score (nSPS) is 10.6. The first kappa shape index (κ1) is 22.9. The van der Waals surface area contributed by atoms with Crippen LogP contribution in [0, 0.1) is 0 Å².